The first-order chi connectivity index (χ1) is 74.4. The summed E-state index contributed by atoms with van der Waals surface area (Å²) in [6, 6.07) is 218. The van der Waals surface area contributed by atoms with Crippen LogP contribution in [0.4, 0.5) is 51.2 Å². The van der Waals surface area contributed by atoms with Crippen LogP contribution in [0.3, 0.4) is 0 Å². The molecule has 3 nitrogen and oxygen atoms in total. The second-order valence-electron chi connectivity index (χ2n) is 38.4. The number of anilines is 9. The Morgan fingerprint density at radius 3 is 1.04 bits per heavy atom. The van der Waals surface area contributed by atoms with Gasteiger partial charge in [-0.1, -0.05) is 479 Å². The molecule has 0 bridgehead atoms. The van der Waals surface area contributed by atoms with Crippen molar-refractivity contribution in [2.75, 3.05) is 14.7 Å². The monoisotopic (exact) mass is 1930 g/mol. The second kappa shape index (κ2) is 40.3. The van der Waals surface area contributed by atoms with Crippen molar-refractivity contribution < 1.29 is 0 Å². The summed E-state index contributed by atoms with van der Waals surface area (Å²) in [4.78, 5) is 7.30. The average Bonchev–Trinajstić information content (AvgIpc) is 0.871. The summed E-state index contributed by atoms with van der Waals surface area (Å²) in [7, 11) is 0. The van der Waals surface area contributed by atoms with E-state index in [4.69, 9.17) is 0 Å². The number of para-hydroxylation sites is 1. The van der Waals surface area contributed by atoms with Crippen molar-refractivity contribution in [3.8, 4) is 100 Å². The van der Waals surface area contributed by atoms with Gasteiger partial charge in [0.05, 0.1) is 11.4 Å². The number of fused-ring (bicyclic) bond motifs is 12. The van der Waals surface area contributed by atoms with Gasteiger partial charge in [-0.2, -0.15) is 0 Å². The summed E-state index contributed by atoms with van der Waals surface area (Å²) in [6.45, 7) is 0. The fourth-order valence-corrected chi connectivity index (χ4v) is 23.5. The number of hydrogen-bond donors (Lipinski definition) is 0. The first-order valence-electron chi connectivity index (χ1n) is 51.5. The fraction of sp³-hybridized carbons (Fsp3) is 0. The predicted molar refractivity (Wildman–Crippen MR) is 645 cm³/mol. The zero-order valence-electron chi connectivity index (χ0n) is 82.4. The number of hydrogen-bond acceptors (Lipinski definition) is 4. The van der Waals surface area contributed by atoms with E-state index in [1.54, 1.807) is 0 Å². The van der Waals surface area contributed by atoms with Gasteiger partial charge in [-0.25, -0.2) is 0 Å². The molecule has 0 aliphatic rings. The van der Waals surface area contributed by atoms with E-state index in [-0.39, 0.29) is 0 Å². The molecule has 1 aromatic heterocycles. The van der Waals surface area contributed by atoms with E-state index in [0.717, 1.165) is 51.2 Å². The highest BCUT2D eigenvalue weighted by Gasteiger charge is 2.28. The van der Waals surface area contributed by atoms with Gasteiger partial charge in [0.25, 0.3) is 0 Å². The summed E-state index contributed by atoms with van der Waals surface area (Å²) < 4.78 is 2.60. The Morgan fingerprint density at radius 2 is 0.460 bits per heavy atom. The molecule has 0 saturated heterocycles. The fourth-order valence-electron chi connectivity index (χ4n) is 22.3. The molecule has 150 heavy (non-hydrogen) atoms. The molecule has 704 valence electrons. The Bertz CT molecular complexity index is 9800. The van der Waals surface area contributed by atoms with Crippen molar-refractivity contribution >= 4 is 169 Å². The summed E-state index contributed by atoms with van der Waals surface area (Å²) >= 11 is 1.86. The minimum absolute atomic E-state index is 1.11. The molecule has 28 rings (SSSR count). The summed E-state index contributed by atoms with van der Waals surface area (Å²) in [6.07, 6.45) is 0. The lowest BCUT2D eigenvalue weighted by molar-refractivity contribution is 1.29. The van der Waals surface area contributed by atoms with Crippen LogP contribution in [-0.4, -0.2) is 0 Å². The van der Waals surface area contributed by atoms with E-state index in [2.05, 4.69) is 615 Å². The van der Waals surface area contributed by atoms with Crippen molar-refractivity contribution in [1.29, 1.82) is 0 Å². The molecule has 1 heterocycles. The minimum atomic E-state index is 1.11. The van der Waals surface area contributed by atoms with Crippen LogP contribution in [-0.2, 0) is 0 Å². The van der Waals surface area contributed by atoms with Gasteiger partial charge in [0.2, 0.25) is 0 Å². The van der Waals surface area contributed by atoms with Crippen molar-refractivity contribution in [1.82, 2.24) is 0 Å². The Balaban J connectivity index is 0.000000114. The third-order valence-corrected chi connectivity index (χ3v) is 30.6. The molecular weight excluding hydrogens is 1830 g/mol. The molecule has 0 aliphatic heterocycles. The van der Waals surface area contributed by atoms with Gasteiger partial charge in [0.1, 0.15) is 0 Å². The van der Waals surface area contributed by atoms with E-state index in [1.807, 2.05) is 11.3 Å². The van der Waals surface area contributed by atoms with Crippen LogP contribution in [0.5, 0.6) is 0 Å². The normalized spacial score (nSPS) is 11.3. The lowest BCUT2D eigenvalue weighted by atomic mass is 9.87. The topological polar surface area (TPSA) is 9.72 Å². The smallest absolute Gasteiger partial charge is 0.0618 e. The maximum atomic E-state index is 2.47. The number of thiophene rings is 1. The first-order valence-corrected chi connectivity index (χ1v) is 52.3. The third kappa shape index (κ3) is 17.6. The number of rotatable bonds is 18. The van der Waals surface area contributed by atoms with Gasteiger partial charge >= 0.3 is 0 Å². The number of benzene rings is 27. The molecule has 0 saturated carbocycles. The van der Waals surface area contributed by atoms with E-state index >= 15 is 0 Å². The highest BCUT2D eigenvalue weighted by Crippen LogP contribution is 2.54. The lowest BCUT2D eigenvalue weighted by Crippen LogP contribution is -2.12. The lowest BCUT2D eigenvalue weighted by Gasteiger charge is -2.31. The molecule has 0 atom stereocenters. The Hall–Kier alpha value is -19.4. The van der Waals surface area contributed by atoms with E-state index < -0.39 is 0 Å². The molecule has 0 fully saturated rings. The van der Waals surface area contributed by atoms with Crippen LogP contribution < -0.4 is 14.7 Å². The zero-order chi connectivity index (χ0) is 99.6. The molecule has 4 heteroatoms. The summed E-state index contributed by atoms with van der Waals surface area (Å²) in [5, 5.41) is 22.3. The van der Waals surface area contributed by atoms with Gasteiger partial charge in [-0.3, -0.25) is 0 Å². The van der Waals surface area contributed by atoms with Crippen LogP contribution >= 0.6 is 11.3 Å². The van der Waals surface area contributed by atoms with Gasteiger partial charge in [0.15, 0.2) is 0 Å². The predicted octanol–water partition coefficient (Wildman–Crippen LogP) is 42.1. The largest absolute Gasteiger partial charge is 0.310 e. The zero-order valence-corrected chi connectivity index (χ0v) is 83.2. The van der Waals surface area contributed by atoms with E-state index in [0.29, 0.717) is 0 Å². The Kier molecular flexibility index (Phi) is 24.4. The van der Waals surface area contributed by atoms with Gasteiger partial charge in [-0.05, 0) is 291 Å². The van der Waals surface area contributed by atoms with Crippen molar-refractivity contribution in [3.63, 3.8) is 0 Å². The average molecular weight is 1930 g/mol. The highest BCUT2D eigenvalue weighted by molar-refractivity contribution is 7.25. The standard InChI is InChI=1S/C50H33NS.2C48H33N/c1-3-13-34(14-4-1)35-23-25-39(26-24-35)51(40-27-28-47-46-21-11-12-22-49(46)52-50(47)33-40)48-32-38(31-37-17-7-8-18-43(37)48)42-30-29-41(36-15-5-2-6-16-36)44-19-9-10-20-45(42)44;1-3-14-34(15-4-1)36-18-13-19-37(30-36)35-26-28-41(29-27-35)49(40-20-5-2-6-21-40)42-31-38-16-7-10-23-44(38)48(33-42)47-32-39-17-8-9-22-43(39)45-24-11-12-25-46(45)47;1-3-17-36(18-4-1)42-23-11-12-24-43(42)47-33-46(37-19-5-2-6-20-37)48(45-26-14-13-25-44(45)47)49(40-29-27-34-15-7-9-21-38(34)31-40)41-30-28-35-16-8-10-22-39(35)32-41/h1-33H;2*1-33H. The molecule has 0 N–H and O–H groups in total. The van der Waals surface area contributed by atoms with Crippen molar-refractivity contribution in [2.45, 2.75) is 0 Å². The minimum Gasteiger partial charge on any atom is -0.310 e. The molecule has 0 spiro atoms. The Morgan fingerprint density at radius 1 is 0.113 bits per heavy atom. The SMILES string of the molecule is c1ccc(-c2ccc(N(c3ccc4c(c3)sc3ccccc34)c3cc(-c4ccc(-c5ccccc5)c5ccccc45)cc4ccccc34)cc2)cc1.c1ccc(-c2cccc(-c3ccc(N(c4ccccc4)c4cc(-c5cc6ccccc6c6ccccc56)c5ccccc5c4)cc3)c2)cc1.c1ccc(-c2ccccc2-c2cc(-c3ccccc3)c(N(c3ccc4ccccc4c3)c3ccc4ccccc4c3)c3ccccc23)cc1. The third-order valence-electron chi connectivity index (χ3n) is 29.5. The molecule has 0 radical (unpaired) electrons. The molecule has 0 unspecified atom stereocenters. The molecule has 0 aliphatic carbocycles. The second-order valence-corrected chi connectivity index (χ2v) is 39.5. The Labute approximate surface area is 877 Å². The maximum Gasteiger partial charge on any atom is 0.0618 e. The molecule has 0 amide bonds. The quantitative estimate of drug-likeness (QED) is 0.0793. The van der Waals surface area contributed by atoms with Gasteiger partial charge < -0.3 is 14.7 Å². The van der Waals surface area contributed by atoms with E-state index in [1.165, 1.54) is 206 Å². The first kappa shape index (κ1) is 90.6. The molecular formula is C146H99N3S. The molecule has 27 aromatic carbocycles. The van der Waals surface area contributed by atoms with Gasteiger partial charge in [0, 0.05) is 76.3 Å². The van der Waals surface area contributed by atoms with Gasteiger partial charge in [-0.15, -0.1) is 11.3 Å². The summed E-state index contributed by atoms with van der Waals surface area (Å²) in [5.74, 6) is 0. The summed E-state index contributed by atoms with van der Waals surface area (Å²) in [5.41, 5.74) is 32.0. The van der Waals surface area contributed by atoms with E-state index in [9.17, 15) is 0 Å². The van der Waals surface area contributed by atoms with Crippen LogP contribution in [0.2, 0.25) is 0 Å². The van der Waals surface area contributed by atoms with Crippen molar-refractivity contribution in [2.24, 2.45) is 0 Å². The highest BCUT2D eigenvalue weighted by atomic mass is 32.1. The maximum absolute atomic E-state index is 2.47. The number of nitrogens with zero attached hydrogens (tertiary/aromatic N) is 3. The van der Waals surface area contributed by atoms with Crippen LogP contribution in [0, 0.1) is 0 Å². The molecule has 28 aromatic rings. The van der Waals surface area contributed by atoms with Crippen LogP contribution in [0.1, 0.15) is 0 Å². The van der Waals surface area contributed by atoms with Crippen molar-refractivity contribution in [3.05, 3.63) is 601 Å². The van der Waals surface area contributed by atoms with Crippen LogP contribution in [0.15, 0.2) is 601 Å². The van der Waals surface area contributed by atoms with Crippen LogP contribution in [0.25, 0.3) is 206 Å².